The van der Waals surface area contributed by atoms with E-state index in [1.165, 1.54) is 11.1 Å². The van der Waals surface area contributed by atoms with E-state index in [9.17, 15) is 5.11 Å². The van der Waals surface area contributed by atoms with Crippen molar-refractivity contribution in [2.45, 2.75) is 56.7 Å². The van der Waals surface area contributed by atoms with Gasteiger partial charge < -0.3 is 14.4 Å². The topological polar surface area (TPSA) is 89.6 Å². The van der Waals surface area contributed by atoms with Crippen LogP contribution < -0.4 is 4.74 Å². The number of benzene rings is 3. The van der Waals surface area contributed by atoms with Gasteiger partial charge in [-0.25, -0.2) is 0 Å². The molecule has 0 aliphatic heterocycles. The number of aromatic nitrogens is 1. The van der Waals surface area contributed by atoms with E-state index >= 15 is 0 Å². The van der Waals surface area contributed by atoms with Crippen LogP contribution >= 0.6 is 34.8 Å². The van der Waals surface area contributed by atoms with Gasteiger partial charge in [0.2, 0.25) is 0 Å². The van der Waals surface area contributed by atoms with Crippen LogP contribution in [0.5, 0.6) is 5.75 Å². The minimum atomic E-state index is -0.938. The average molecular weight is 599 g/mol. The number of aliphatic hydroxyl groups is 1. The predicted molar refractivity (Wildman–Crippen MR) is 152 cm³/mol. The first-order valence-corrected chi connectivity index (χ1v) is 14.0. The zero-order valence-electron chi connectivity index (χ0n) is 21.6. The van der Waals surface area contributed by atoms with Crippen LogP contribution in [0.2, 0.25) is 15.1 Å². The Labute approximate surface area is 246 Å². The molecule has 0 bridgehead atoms. The molecule has 0 spiro atoms. The number of nitrogens with zero attached hydrogens (tertiary/aromatic N) is 1. The third kappa shape index (κ3) is 5.83. The van der Waals surface area contributed by atoms with Gasteiger partial charge in [0.1, 0.15) is 23.8 Å². The molecule has 6 rings (SSSR count). The third-order valence-corrected chi connectivity index (χ3v) is 8.45. The molecule has 206 valence electrons. The van der Waals surface area contributed by atoms with Gasteiger partial charge in [-0.15, -0.1) is 0 Å². The van der Waals surface area contributed by atoms with E-state index in [0.717, 1.165) is 29.7 Å². The Morgan fingerprint density at radius 1 is 0.975 bits per heavy atom. The standard InChI is InChI=1S/C30H26Cl3NO3.CO2/c1-17-5-7-18(8-6-17)20-14-30(35,15-20)23-12-11-21(13-26(23)33)36-16-22-28(34-37-29(22)19-9-10-19)27-24(31)3-2-4-25(27)32;2-1-3/h2-8,11-13,19-20,35H,9-10,14-16H2,1H3;. The third-order valence-electron chi connectivity index (χ3n) is 7.51. The van der Waals surface area contributed by atoms with Crippen molar-refractivity contribution < 1.29 is 24.0 Å². The molecule has 9 heteroatoms. The van der Waals surface area contributed by atoms with Crippen molar-refractivity contribution in [1.82, 2.24) is 5.16 Å². The maximum atomic E-state index is 11.3. The molecule has 0 radical (unpaired) electrons. The van der Waals surface area contributed by atoms with Crippen molar-refractivity contribution in [2.75, 3.05) is 0 Å². The minimum absolute atomic E-state index is 0.238. The Kier molecular flexibility index (Phi) is 8.37. The summed E-state index contributed by atoms with van der Waals surface area (Å²) < 4.78 is 11.9. The smallest absolute Gasteiger partial charge is 0.373 e. The lowest BCUT2D eigenvalue weighted by Crippen LogP contribution is -2.40. The number of hydrogen-bond donors (Lipinski definition) is 1. The lowest BCUT2D eigenvalue weighted by molar-refractivity contribution is -0.191. The number of carbonyl (C=O) groups excluding carboxylic acids is 2. The summed E-state index contributed by atoms with van der Waals surface area (Å²) in [5.41, 5.74) is 4.37. The summed E-state index contributed by atoms with van der Waals surface area (Å²) in [5.74, 6) is 2.08. The monoisotopic (exact) mass is 597 g/mol. The van der Waals surface area contributed by atoms with Gasteiger partial charge in [0.05, 0.1) is 26.2 Å². The number of hydrogen-bond acceptors (Lipinski definition) is 6. The summed E-state index contributed by atoms with van der Waals surface area (Å²) in [7, 11) is 0. The number of ether oxygens (including phenoxy) is 1. The highest BCUT2D eigenvalue weighted by atomic mass is 35.5. The molecule has 40 heavy (non-hydrogen) atoms. The average Bonchev–Trinajstić information content (AvgIpc) is 3.67. The van der Waals surface area contributed by atoms with Gasteiger partial charge in [-0.2, -0.15) is 9.59 Å². The second-order valence-electron chi connectivity index (χ2n) is 10.3. The van der Waals surface area contributed by atoms with E-state index in [1.807, 2.05) is 12.1 Å². The molecular formula is C31H26Cl3NO5. The van der Waals surface area contributed by atoms with Gasteiger partial charge in [0.15, 0.2) is 0 Å². The van der Waals surface area contributed by atoms with Gasteiger partial charge in [-0.05, 0) is 68.4 Å². The van der Waals surface area contributed by atoms with Crippen LogP contribution in [0.1, 0.15) is 65.5 Å². The fourth-order valence-corrected chi connectivity index (χ4v) is 6.14. The zero-order chi connectivity index (χ0) is 28.4. The molecule has 1 N–H and O–H groups in total. The van der Waals surface area contributed by atoms with Gasteiger partial charge in [-0.3, -0.25) is 0 Å². The van der Waals surface area contributed by atoms with Gasteiger partial charge >= 0.3 is 6.15 Å². The molecule has 0 amide bonds. The molecule has 2 saturated carbocycles. The quantitative estimate of drug-likeness (QED) is 0.230. The predicted octanol–water partition coefficient (Wildman–Crippen LogP) is 8.25. The van der Waals surface area contributed by atoms with E-state index in [4.69, 9.17) is 53.7 Å². The maximum absolute atomic E-state index is 11.3. The van der Waals surface area contributed by atoms with Crippen molar-refractivity contribution in [3.63, 3.8) is 0 Å². The SMILES string of the molecule is Cc1ccc(C2CC(O)(c3ccc(OCc4c(-c5c(Cl)cccc5Cl)noc4C4CC4)cc3Cl)C2)cc1.O=C=O. The van der Waals surface area contributed by atoms with Crippen LogP contribution in [0.15, 0.2) is 65.2 Å². The highest BCUT2D eigenvalue weighted by molar-refractivity contribution is 6.39. The highest BCUT2D eigenvalue weighted by Gasteiger charge is 2.45. The highest BCUT2D eigenvalue weighted by Crippen LogP contribution is 2.53. The second kappa shape index (κ2) is 11.8. The molecule has 1 aromatic heterocycles. The van der Waals surface area contributed by atoms with Gasteiger partial charge in [0.25, 0.3) is 0 Å². The maximum Gasteiger partial charge on any atom is 0.373 e. The molecule has 2 fully saturated rings. The largest absolute Gasteiger partial charge is 0.489 e. The minimum Gasteiger partial charge on any atom is -0.489 e. The van der Waals surface area contributed by atoms with Crippen molar-refractivity contribution in [3.05, 3.63) is 104 Å². The van der Waals surface area contributed by atoms with Gasteiger partial charge in [0, 0.05) is 17.0 Å². The lowest BCUT2D eigenvalue weighted by atomic mass is 9.65. The normalized spacial score (nSPS) is 19.7. The first kappa shape index (κ1) is 28.4. The van der Waals surface area contributed by atoms with E-state index < -0.39 is 5.60 Å². The Balaban J connectivity index is 0.00000103. The van der Waals surface area contributed by atoms with Gasteiger partial charge in [-0.1, -0.05) is 81.9 Å². The molecule has 0 atom stereocenters. The number of aryl methyl sites for hydroxylation is 1. The Hall–Kier alpha value is -3.12. The van der Waals surface area contributed by atoms with Crippen LogP contribution in [0.4, 0.5) is 0 Å². The van der Waals surface area contributed by atoms with Crippen molar-refractivity contribution in [1.29, 1.82) is 0 Å². The fraction of sp³-hybridized carbons (Fsp3) is 0.290. The van der Waals surface area contributed by atoms with Crippen molar-refractivity contribution >= 4 is 41.0 Å². The van der Waals surface area contributed by atoms with E-state index in [1.54, 1.807) is 24.3 Å². The zero-order valence-corrected chi connectivity index (χ0v) is 23.9. The Bertz CT molecular complexity index is 1530. The molecule has 0 unspecified atom stereocenters. The summed E-state index contributed by atoms with van der Waals surface area (Å²) in [6, 6.07) is 19.4. The molecule has 2 aliphatic rings. The molecule has 2 aliphatic carbocycles. The van der Waals surface area contributed by atoms with Crippen LogP contribution in [0.3, 0.4) is 0 Å². The van der Waals surface area contributed by atoms with Crippen LogP contribution in [0.25, 0.3) is 11.3 Å². The molecule has 6 nitrogen and oxygen atoms in total. The number of halogens is 3. The summed E-state index contributed by atoms with van der Waals surface area (Å²) in [6.45, 7) is 2.31. The fourth-order valence-electron chi connectivity index (χ4n) is 5.22. The van der Waals surface area contributed by atoms with Crippen LogP contribution in [-0.2, 0) is 21.8 Å². The second-order valence-corrected chi connectivity index (χ2v) is 11.5. The molecular weight excluding hydrogens is 573 g/mol. The summed E-state index contributed by atoms with van der Waals surface area (Å²) in [4.78, 5) is 16.2. The first-order chi connectivity index (χ1) is 19.2. The van der Waals surface area contributed by atoms with E-state index in [-0.39, 0.29) is 12.8 Å². The molecule has 0 saturated heterocycles. The lowest BCUT2D eigenvalue weighted by Gasteiger charge is -2.44. The summed E-state index contributed by atoms with van der Waals surface area (Å²) in [6.07, 6.45) is 3.65. The van der Waals surface area contributed by atoms with Crippen molar-refractivity contribution in [2.24, 2.45) is 0 Å². The summed E-state index contributed by atoms with van der Waals surface area (Å²) in [5, 5.41) is 17.1. The van der Waals surface area contributed by atoms with Crippen LogP contribution in [-0.4, -0.2) is 16.4 Å². The Morgan fingerprint density at radius 3 is 2.23 bits per heavy atom. The summed E-state index contributed by atoms with van der Waals surface area (Å²) >= 11 is 19.6. The molecule has 1 heterocycles. The van der Waals surface area contributed by atoms with E-state index in [0.29, 0.717) is 56.8 Å². The Morgan fingerprint density at radius 2 is 1.62 bits per heavy atom. The van der Waals surface area contributed by atoms with Crippen LogP contribution in [0, 0.1) is 6.92 Å². The van der Waals surface area contributed by atoms with Crippen molar-refractivity contribution in [3.8, 4) is 17.0 Å². The van der Waals surface area contributed by atoms with E-state index in [2.05, 4.69) is 36.3 Å². The molecule has 4 aromatic rings. The molecule has 3 aromatic carbocycles. The number of rotatable bonds is 7. The first-order valence-electron chi connectivity index (χ1n) is 12.9.